The summed E-state index contributed by atoms with van der Waals surface area (Å²) in [6.07, 6.45) is -3.71. The number of alkyl halides is 3. The predicted octanol–water partition coefficient (Wildman–Crippen LogP) is 1.02. The zero-order valence-corrected chi connectivity index (χ0v) is 4.36. The minimum atomic E-state index is -4.63. The van der Waals surface area contributed by atoms with E-state index in [1.807, 2.05) is 0 Å². The summed E-state index contributed by atoms with van der Waals surface area (Å²) in [5.41, 5.74) is 0. The van der Waals surface area contributed by atoms with Crippen LogP contribution in [0.2, 0.25) is 0 Å². The monoisotopic (exact) mass is 141 g/mol. The summed E-state index contributed by atoms with van der Waals surface area (Å²) in [5, 5.41) is 0. The first-order valence-electron chi connectivity index (χ1n) is 2.12. The molecule has 0 rings (SSSR count). The van der Waals surface area contributed by atoms with Crippen LogP contribution in [0.5, 0.6) is 0 Å². The molecular weight excluding hydrogens is 137 g/mol. The van der Waals surface area contributed by atoms with Crippen LogP contribution in [0, 0.1) is 0 Å². The highest BCUT2D eigenvalue weighted by Crippen LogP contribution is 2.15. The SMILES string of the molecule is O=[C]CCOC(F)(F)F. The van der Waals surface area contributed by atoms with Crippen molar-refractivity contribution < 1.29 is 22.7 Å². The molecule has 0 atom stereocenters. The summed E-state index contributed by atoms with van der Waals surface area (Å²) in [4.78, 5) is 9.32. The topological polar surface area (TPSA) is 26.3 Å². The number of hydrogen-bond donors (Lipinski definition) is 0. The minimum Gasteiger partial charge on any atom is -0.291 e. The van der Waals surface area contributed by atoms with Gasteiger partial charge in [0.1, 0.15) is 0 Å². The van der Waals surface area contributed by atoms with Gasteiger partial charge in [0.2, 0.25) is 6.29 Å². The molecular formula is C4H4F3O2. The number of rotatable bonds is 3. The van der Waals surface area contributed by atoms with E-state index < -0.39 is 13.0 Å². The smallest absolute Gasteiger partial charge is 0.291 e. The Hall–Kier alpha value is -0.580. The van der Waals surface area contributed by atoms with Crippen LogP contribution in [0.3, 0.4) is 0 Å². The van der Waals surface area contributed by atoms with Crippen LogP contribution >= 0.6 is 0 Å². The second-order valence-corrected chi connectivity index (χ2v) is 1.19. The van der Waals surface area contributed by atoms with E-state index in [-0.39, 0.29) is 6.42 Å². The van der Waals surface area contributed by atoms with E-state index in [1.54, 1.807) is 0 Å². The first-order valence-corrected chi connectivity index (χ1v) is 2.12. The molecule has 53 valence electrons. The average Bonchev–Trinajstić information content (AvgIpc) is 1.63. The largest absolute Gasteiger partial charge is 0.522 e. The van der Waals surface area contributed by atoms with Crippen LogP contribution in [0.1, 0.15) is 6.42 Å². The summed E-state index contributed by atoms with van der Waals surface area (Å²) >= 11 is 0. The van der Waals surface area contributed by atoms with E-state index in [1.165, 1.54) is 6.29 Å². The summed E-state index contributed by atoms with van der Waals surface area (Å²) in [5.74, 6) is 0. The lowest BCUT2D eigenvalue weighted by Crippen LogP contribution is -2.14. The molecule has 0 aromatic heterocycles. The normalized spacial score (nSPS) is 11.4. The van der Waals surface area contributed by atoms with Crippen LogP contribution in [0.4, 0.5) is 13.2 Å². The quantitative estimate of drug-likeness (QED) is 0.548. The van der Waals surface area contributed by atoms with Crippen molar-refractivity contribution in [3.05, 3.63) is 0 Å². The number of hydrogen-bond acceptors (Lipinski definition) is 2. The van der Waals surface area contributed by atoms with Gasteiger partial charge in [0.15, 0.2) is 0 Å². The Balaban J connectivity index is 3.17. The van der Waals surface area contributed by atoms with E-state index in [4.69, 9.17) is 0 Å². The molecule has 0 N–H and O–H groups in total. The van der Waals surface area contributed by atoms with Gasteiger partial charge in [-0.1, -0.05) is 0 Å². The molecule has 0 spiro atoms. The Kier molecular flexibility index (Phi) is 3.22. The Morgan fingerprint density at radius 3 is 2.33 bits per heavy atom. The molecule has 0 aliphatic heterocycles. The molecule has 0 unspecified atom stereocenters. The Morgan fingerprint density at radius 2 is 2.00 bits per heavy atom. The maximum absolute atomic E-state index is 11.0. The Bertz CT molecular complexity index is 88.3. The molecule has 0 aliphatic carbocycles. The summed E-state index contributed by atoms with van der Waals surface area (Å²) in [6.45, 7) is -0.646. The first-order chi connectivity index (χ1) is 4.06. The molecule has 0 saturated heterocycles. The van der Waals surface area contributed by atoms with Crippen LogP contribution < -0.4 is 0 Å². The maximum atomic E-state index is 11.0. The fourth-order valence-electron chi connectivity index (χ4n) is 0.208. The van der Waals surface area contributed by atoms with Gasteiger partial charge in [-0.05, 0) is 0 Å². The molecule has 0 aliphatic rings. The van der Waals surface area contributed by atoms with Crippen molar-refractivity contribution in [2.24, 2.45) is 0 Å². The molecule has 0 amide bonds. The highest BCUT2D eigenvalue weighted by Gasteiger charge is 2.28. The second kappa shape index (κ2) is 3.45. The van der Waals surface area contributed by atoms with Gasteiger partial charge in [0.05, 0.1) is 6.61 Å². The number of ether oxygens (including phenoxy) is 1. The van der Waals surface area contributed by atoms with Gasteiger partial charge < -0.3 is 0 Å². The lowest BCUT2D eigenvalue weighted by Gasteiger charge is -2.03. The third-order valence-electron chi connectivity index (χ3n) is 0.470. The molecule has 5 heteroatoms. The van der Waals surface area contributed by atoms with E-state index in [2.05, 4.69) is 4.74 Å². The molecule has 0 saturated carbocycles. The van der Waals surface area contributed by atoms with E-state index in [9.17, 15) is 18.0 Å². The van der Waals surface area contributed by atoms with Gasteiger partial charge in [0.25, 0.3) is 0 Å². The van der Waals surface area contributed by atoms with Gasteiger partial charge in [-0.3, -0.25) is 9.53 Å². The second-order valence-electron chi connectivity index (χ2n) is 1.19. The van der Waals surface area contributed by atoms with Crippen molar-refractivity contribution in [1.82, 2.24) is 0 Å². The highest BCUT2D eigenvalue weighted by molar-refractivity contribution is 5.50. The fourth-order valence-corrected chi connectivity index (χ4v) is 0.208. The lowest BCUT2D eigenvalue weighted by atomic mass is 10.5. The zero-order valence-electron chi connectivity index (χ0n) is 4.36. The standard InChI is InChI=1S/C4H4F3O2/c5-4(6,7)9-3-1-2-8/h1,3H2. The molecule has 0 aromatic carbocycles. The van der Waals surface area contributed by atoms with Crippen molar-refractivity contribution in [2.75, 3.05) is 6.61 Å². The Labute approximate surface area is 49.6 Å². The summed E-state index contributed by atoms with van der Waals surface area (Å²) in [7, 11) is 0. The minimum absolute atomic E-state index is 0.348. The molecule has 9 heavy (non-hydrogen) atoms. The van der Waals surface area contributed by atoms with Crippen molar-refractivity contribution >= 4 is 6.29 Å². The number of carbonyl (C=O) groups excluding carboxylic acids is 1. The summed E-state index contributed by atoms with van der Waals surface area (Å²) in [6, 6.07) is 0. The zero-order chi connectivity index (χ0) is 7.33. The van der Waals surface area contributed by atoms with Crippen molar-refractivity contribution in [3.8, 4) is 0 Å². The van der Waals surface area contributed by atoms with Gasteiger partial charge in [-0.25, -0.2) is 0 Å². The third kappa shape index (κ3) is 7.42. The maximum Gasteiger partial charge on any atom is 0.522 e. The van der Waals surface area contributed by atoms with Crippen molar-refractivity contribution in [3.63, 3.8) is 0 Å². The van der Waals surface area contributed by atoms with E-state index >= 15 is 0 Å². The number of halogens is 3. The van der Waals surface area contributed by atoms with Crippen LogP contribution in [0.25, 0.3) is 0 Å². The first kappa shape index (κ1) is 8.42. The lowest BCUT2D eigenvalue weighted by molar-refractivity contribution is -0.323. The fraction of sp³-hybridized carbons (Fsp3) is 0.750. The van der Waals surface area contributed by atoms with Crippen LogP contribution in [-0.4, -0.2) is 19.3 Å². The molecule has 1 radical (unpaired) electrons. The molecule has 0 bridgehead atoms. The van der Waals surface area contributed by atoms with E-state index in [0.717, 1.165) is 0 Å². The molecule has 0 fully saturated rings. The molecule has 0 heterocycles. The molecule has 0 aromatic rings. The van der Waals surface area contributed by atoms with Gasteiger partial charge in [0, 0.05) is 6.42 Å². The Morgan fingerprint density at radius 1 is 1.44 bits per heavy atom. The van der Waals surface area contributed by atoms with Crippen LogP contribution in [0.15, 0.2) is 0 Å². The van der Waals surface area contributed by atoms with Gasteiger partial charge >= 0.3 is 6.36 Å². The van der Waals surface area contributed by atoms with Gasteiger partial charge in [-0.15, -0.1) is 13.2 Å². The predicted molar refractivity (Wildman–Crippen MR) is 22.3 cm³/mol. The van der Waals surface area contributed by atoms with E-state index in [0.29, 0.717) is 0 Å². The van der Waals surface area contributed by atoms with Gasteiger partial charge in [-0.2, -0.15) is 0 Å². The summed E-state index contributed by atoms with van der Waals surface area (Å²) < 4.78 is 36.3. The molecule has 2 nitrogen and oxygen atoms in total. The highest BCUT2D eigenvalue weighted by atomic mass is 19.4. The van der Waals surface area contributed by atoms with Crippen molar-refractivity contribution in [2.45, 2.75) is 12.8 Å². The average molecular weight is 141 g/mol. The third-order valence-corrected chi connectivity index (χ3v) is 0.470. The van der Waals surface area contributed by atoms with Crippen LogP contribution in [-0.2, 0) is 9.53 Å². The van der Waals surface area contributed by atoms with Crippen molar-refractivity contribution in [1.29, 1.82) is 0 Å².